The van der Waals surface area contributed by atoms with Crippen molar-refractivity contribution in [3.05, 3.63) is 54.6 Å². The minimum absolute atomic E-state index is 0.394. The molecule has 0 aromatic heterocycles. The van der Waals surface area contributed by atoms with E-state index in [-0.39, 0.29) is 0 Å². The highest BCUT2D eigenvalue weighted by Crippen LogP contribution is 2.29. The van der Waals surface area contributed by atoms with Crippen LogP contribution in [0, 0.1) is 0 Å². The van der Waals surface area contributed by atoms with Crippen molar-refractivity contribution in [3.8, 4) is 11.1 Å². The minimum atomic E-state index is -3.46. The molecule has 2 aromatic carbocycles. The Labute approximate surface area is 132 Å². The SMILES string of the molecule is CN1CCN(S(=O)(=O)c2ccccc2-c2ccccc2)CC1. The summed E-state index contributed by atoms with van der Waals surface area (Å²) >= 11 is 0. The van der Waals surface area contributed by atoms with Gasteiger partial charge in [-0.05, 0) is 18.7 Å². The number of rotatable bonds is 3. The van der Waals surface area contributed by atoms with Crippen LogP contribution in [0.5, 0.6) is 0 Å². The molecule has 1 fully saturated rings. The van der Waals surface area contributed by atoms with Crippen molar-refractivity contribution in [1.82, 2.24) is 9.21 Å². The molecule has 3 rings (SSSR count). The molecule has 22 heavy (non-hydrogen) atoms. The molecule has 0 saturated carbocycles. The van der Waals surface area contributed by atoms with Crippen LogP contribution in [-0.2, 0) is 10.0 Å². The zero-order chi connectivity index (χ0) is 15.6. The normalized spacial score (nSPS) is 17.5. The summed E-state index contributed by atoms with van der Waals surface area (Å²) in [4.78, 5) is 2.54. The second-order valence-electron chi connectivity index (χ2n) is 5.57. The lowest BCUT2D eigenvalue weighted by Gasteiger charge is -2.32. The van der Waals surface area contributed by atoms with Gasteiger partial charge in [-0.1, -0.05) is 48.5 Å². The van der Waals surface area contributed by atoms with Gasteiger partial charge in [0.15, 0.2) is 0 Å². The summed E-state index contributed by atoms with van der Waals surface area (Å²) in [7, 11) is -1.44. The van der Waals surface area contributed by atoms with Crippen LogP contribution in [0.2, 0.25) is 0 Å². The van der Waals surface area contributed by atoms with E-state index in [4.69, 9.17) is 0 Å². The van der Waals surface area contributed by atoms with Crippen molar-refractivity contribution in [2.75, 3.05) is 33.2 Å². The van der Waals surface area contributed by atoms with Gasteiger partial charge >= 0.3 is 0 Å². The molecule has 1 heterocycles. The largest absolute Gasteiger partial charge is 0.304 e. The predicted molar refractivity (Wildman–Crippen MR) is 88.1 cm³/mol. The number of hydrogen-bond donors (Lipinski definition) is 0. The average molecular weight is 316 g/mol. The summed E-state index contributed by atoms with van der Waals surface area (Å²) in [6, 6.07) is 16.9. The van der Waals surface area contributed by atoms with Crippen LogP contribution in [0.4, 0.5) is 0 Å². The van der Waals surface area contributed by atoms with Crippen LogP contribution in [0.15, 0.2) is 59.5 Å². The van der Waals surface area contributed by atoms with Crippen LogP contribution < -0.4 is 0 Å². The minimum Gasteiger partial charge on any atom is -0.304 e. The molecule has 0 atom stereocenters. The molecule has 116 valence electrons. The van der Waals surface area contributed by atoms with E-state index in [1.165, 1.54) is 0 Å². The molecule has 0 bridgehead atoms. The molecule has 4 nitrogen and oxygen atoms in total. The van der Waals surface area contributed by atoms with Crippen LogP contribution in [0.25, 0.3) is 11.1 Å². The fraction of sp³-hybridized carbons (Fsp3) is 0.294. The van der Waals surface area contributed by atoms with Crippen molar-refractivity contribution in [2.45, 2.75) is 4.90 Å². The van der Waals surface area contributed by atoms with Crippen molar-refractivity contribution in [2.24, 2.45) is 0 Å². The van der Waals surface area contributed by atoms with E-state index in [0.717, 1.165) is 24.2 Å². The van der Waals surface area contributed by atoms with Gasteiger partial charge in [0.1, 0.15) is 0 Å². The summed E-state index contributed by atoms with van der Waals surface area (Å²) in [5.41, 5.74) is 1.69. The number of sulfonamides is 1. The van der Waals surface area contributed by atoms with E-state index in [2.05, 4.69) is 4.90 Å². The van der Waals surface area contributed by atoms with Gasteiger partial charge in [0.05, 0.1) is 4.90 Å². The fourth-order valence-corrected chi connectivity index (χ4v) is 4.35. The maximum Gasteiger partial charge on any atom is 0.243 e. The first-order chi connectivity index (χ1) is 10.6. The highest BCUT2D eigenvalue weighted by molar-refractivity contribution is 7.89. The molecule has 0 amide bonds. The Bertz CT molecular complexity index is 736. The number of nitrogens with zero attached hydrogens (tertiary/aromatic N) is 2. The van der Waals surface area contributed by atoms with Gasteiger partial charge in [0, 0.05) is 31.7 Å². The summed E-state index contributed by atoms with van der Waals surface area (Å²) in [6.45, 7) is 2.63. The van der Waals surface area contributed by atoms with E-state index >= 15 is 0 Å². The Hall–Kier alpha value is -1.69. The van der Waals surface area contributed by atoms with E-state index in [9.17, 15) is 8.42 Å². The Morgan fingerprint density at radius 3 is 2.09 bits per heavy atom. The Balaban J connectivity index is 2.01. The number of likely N-dealkylation sites (N-methyl/N-ethyl adjacent to an activating group) is 1. The molecule has 1 aliphatic rings. The van der Waals surface area contributed by atoms with Gasteiger partial charge in [-0.15, -0.1) is 0 Å². The molecular weight excluding hydrogens is 296 g/mol. The first-order valence-electron chi connectivity index (χ1n) is 7.42. The maximum atomic E-state index is 13.0. The smallest absolute Gasteiger partial charge is 0.243 e. The first-order valence-corrected chi connectivity index (χ1v) is 8.86. The van der Waals surface area contributed by atoms with Crippen LogP contribution in [0.3, 0.4) is 0 Å². The summed E-state index contributed by atoms with van der Waals surface area (Å²) in [6.07, 6.45) is 0. The Morgan fingerprint density at radius 1 is 0.818 bits per heavy atom. The standard InChI is InChI=1S/C17H20N2O2S/c1-18-11-13-19(14-12-18)22(20,21)17-10-6-5-9-16(17)15-7-3-2-4-8-15/h2-10H,11-14H2,1H3. The molecule has 0 aliphatic carbocycles. The molecule has 1 saturated heterocycles. The lowest BCUT2D eigenvalue weighted by molar-refractivity contribution is 0.222. The van der Waals surface area contributed by atoms with Crippen molar-refractivity contribution >= 4 is 10.0 Å². The monoisotopic (exact) mass is 316 g/mol. The maximum absolute atomic E-state index is 13.0. The van der Waals surface area contributed by atoms with E-state index in [0.29, 0.717) is 18.0 Å². The molecule has 1 aliphatic heterocycles. The molecule has 0 N–H and O–H groups in total. The number of hydrogen-bond acceptors (Lipinski definition) is 3. The van der Waals surface area contributed by atoms with Crippen molar-refractivity contribution in [1.29, 1.82) is 0 Å². The third-order valence-electron chi connectivity index (χ3n) is 4.05. The van der Waals surface area contributed by atoms with Gasteiger partial charge in [-0.25, -0.2) is 8.42 Å². The molecule has 0 unspecified atom stereocenters. The van der Waals surface area contributed by atoms with Gasteiger partial charge in [0.2, 0.25) is 10.0 Å². The summed E-state index contributed by atoms with van der Waals surface area (Å²) in [5.74, 6) is 0. The highest BCUT2D eigenvalue weighted by Gasteiger charge is 2.29. The molecule has 2 aromatic rings. The third-order valence-corrected chi connectivity index (χ3v) is 6.01. The zero-order valence-electron chi connectivity index (χ0n) is 12.6. The van der Waals surface area contributed by atoms with Crippen molar-refractivity contribution in [3.63, 3.8) is 0 Å². The Morgan fingerprint density at radius 2 is 1.41 bits per heavy atom. The van der Waals surface area contributed by atoms with Gasteiger partial charge in [0.25, 0.3) is 0 Å². The second-order valence-corrected chi connectivity index (χ2v) is 7.48. The topological polar surface area (TPSA) is 40.6 Å². The lowest BCUT2D eigenvalue weighted by Crippen LogP contribution is -2.47. The van der Waals surface area contributed by atoms with E-state index in [1.807, 2.05) is 49.5 Å². The molecular formula is C17H20N2O2S. The first kappa shape index (κ1) is 15.2. The van der Waals surface area contributed by atoms with E-state index in [1.54, 1.807) is 16.4 Å². The number of benzene rings is 2. The lowest BCUT2D eigenvalue weighted by atomic mass is 10.1. The Kier molecular flexibility index (Phi) is 4.29. The van der Waals surface area contributed by atoms with Gasteiger partial charge in [-0.3, -0.25) is 0 Å². The fourth-order valence-electron chi connectivity index (χ4n) is 2.72. The summed E-state index contributed by atoms with van der Waals surface area (Å²) < 4.78 is 27.6. The highest BCUT2D eigenvalue weighted by atomic mass is 32.2. The van der Waals surface area contributed by atoms with E-state index < -0.39 is 10.0 Å². The quantitative estimate of drug-likeness (QED) is 0.872. The molecule has 0 radical (unpaired) electrons. The van der Waals surface area contributed by atoms with Crippen molar-refractivity contribution < 1.29 is 8.42 Å². The second kappa shape index (κ2) is 6.20. The third kappa shape index (κ3) is 2.92. The van der Waals surface area contributed by atoms with Gasteiger partial charge < -0.3 is 4.90 Å². The number of piperazine rings is 1. The summed E-state index contributed by atoms with van der Waals surface area (Å²) in [5, 5.41) is 0. The molecule has 5 heteroatoms. The average Bonchev–Trinajstić information content (AvgIpc) is 2.56. The molecule has 0 spiro atoms. The van der Waals surface area contributed by atoms with Crippen LogP contribution >= 0.6 is 0 Å². The van der Waals surface area contributed by atoms with Crippen LogP contribution in [-0.4, -0.2) is 50.8 Å². The van der Waals surface area contributed by atoms with Gasteiger partial charge in [-0.2, -0.15) is 4.31 Å². The van der Waals surface area contributed by atoms with Crippen LogP contribution in [0.1, 0.15) is 0 Å². The zero-order valence-corrected chi connectivity index (χ0v) is 13.5. The predicted octanol–water partition coefficient (Wildman–Crippen LogP) is 2.29.